The maximum Gasteiger partial charge on any atom is 0.127 e. The smallest absolute Gasteiger partial charge is 0.127 e. The van der Waals surface area contributed by atoms with Crippen molar-refractivity contribution in [2.24, 2.45) is 5.84 Å². The zero-order valence-electron chi connectivity index (χ0n) is 12.8. The van der Waals surface area contributed by atoms with Gasteiger partial charge in [-0.25, -0.2) is 0 Å². The quantitative estimate of drug-likeness (QED) is 0.538. The minimum Gasteiger partial charge on any atom is -0.497 e. The molecule has 0 aromatic heterocycles. The molecule has 0 aliphatic rings. The molecule has 5 nitrogen and oxygen atoms in total. The molecule has 20 heavy (non-hydrogen) atoms. The Morgan fingerprint density at radius 3 is 2.45 bits per heavy atom. The van der Waals surface area contributed by atoms with Crippen LogP contribution in [0.3, 0.4) is 0 Å². The number of nitrogens with one attached hydrogen (secondary N) is 1. The van der Waals surface area contributed by atoms with Gasteiger partial charge in [-0.1, -0.05) is 13.3 Å². The molecule has 2 atom stereocenters. The molecule has 0 saturated carbocycles. The largest absolute Gasteiger partial charge is 0.497 e. The standard InChI is InChI=1S/C15H26N2O3/c1-5-7-13(20-6-2)15(17-16)12-9-8-11(18-3)10-14(12)19-4/h8-10,13,15,17H,5-7,16H2,1-4H3. The predicted molar refractivity (Wildman–Crippen MR) is 79.9 cm³/mol. The number of hydrogen-bond donors (Lipinski definition) is 2. The van der Waals surface area contributed by atoms with E-state index in [0.29, 0.717) is 6.61 Å². The summed E-state index contributed by atoms with van der Waals surface area (Å²) >= 11 is 0. The Kier molecular flexibility index (Phi) is 7.36. The second-order valence-corrected chi connectivity index (χ2v) is 4.53. The fourth-order valence-electron chi connectivity index (χ4n) is 2.32. The molecular formula is C15H26N2O3. The molecule has 0 heterocycles. The molecule has 0 aliphatic carbocycles. The normalized spacial score (nSPS) is 13.8. The molecule has 2 unspecified atom stereocenters. The first kappa shape index (κ1) is 16.8. The molecule has 3 N–H and O–H groups in total. The van der Waals surface area contributed by atoms with Crippen molar-refractivity contribution in [2.75, 3.05) is 20.8 Å². The van der Waals surface area contributed by atoms with Crippen LogP contribution in [-0.4, -0.2) is 26.9 Å². The van der Waals surface area contributed by atoms with Crippen molar-refractivity contribution in [3.63, 3.8) is 0 Å². The lowest BCUT2D eigenvalue weighted by Crippen LogP contribution is -2.38. The summed E-state index contributed by atoms with van der Waals surface area (Å²) in [6.45, 7) is 4.77. The van der Waals surface area contributed by atoms with E-state index in [0.717, 1.165) is 29.9 Å². The lowest BCUT2D eigenvalue weighted by Gasteiger charge is -2.28. The van der Waals surface area contributed by atoms with Crippen LogP contribution in [0.5, 0.6) is 11.5 Å². The molecule has 0 bridgehead atoms. The minimum atomic E-state index is -0.115. The predicted octanol–water partition coefficient (Wildman–Crippen LogP) is 2.41. The van der Waals surface area contributed by atoms with Gasteiger partial charge in [-0.15, -0.1) is 0 Å². The van der Waals surface area contributed by atoms with Gasteiger partial charge in [0.05, 0.1) is 26.4 Å². The van der Waals surface area contributed by atoms with Crippen molar-refractivity contribution >= 4 is 0 Å². The van der Waals surface area contributed by atoms with Crippen molar-refractivity contribution in [1.82, 2.24) is 5.43 Å². The Morgan fingerprint density at radius 2 is 1.95 bits per heavy atom. The highest BCUT2D eigenvalue weighted by molar-refractivity contribution is 5.43. The average Bonchev–Trinajstić information content (AvgIpc) is 2.48. The maximum atomic E-state index is 5.82. The Bertz CT molecular complexity index is 393. The fraction of sp³-hybridized carbons (Fsp3) is 0.600. The van der Waals surface area contributed by atoms with E-state index in [1.165, 1.54) is 0 Å². The molecule has 0 fully saturated rings. The van der Waals surface area contributed by atoms with Gasteiger partial charge in [0, 0.05) is 18.2 Å². The van der Waals surface area contributed by atoms with Crippen LogP contribution in [0.1, 0.15) is 38.3 Å². The van der Waals surface area contributed by atoms with Gasteiger partial charge in [0.15, 0.2) is 0 Å². The molecule has 1 aromatic carbocycles. The highest BCUT2D eigenvalue weighted by Gasteiger charge is 2.25. The van der Waals surface area contributed by atoms with E-state index in [1.54, 1.807) is 14.2 Å². The van der Waals surface area contributed by atoms with Crippen LogP contribution in [0.25, 0.3) is 0 Å². The molecule has 0 spiro atoms. The second-order valence-electron chi connectivity index (χ2n) is 4.53. The van der Waals surface area contributed by atoms with E-state index < -0.39 is 0 Å². The number of methoxy groups -OCH3 is 2. The molecule has 0 amide bonds. The minimum absolute atomic E-state index is 0.0114. The zero-order chi connectivity index (χ0) is 15.0. The molecule has 5 heteroatoms. The Morgan fingerprint density at radius 1 is 1.20 bits per heavy atom. The van der Waals surface area contributed by atoms with Gasteiger partial charge < -0.3 is 14.2 Å². The molecule has 1 rings (SSSR count). The summed E-state index contributed by atoms with van der Waals surface area (Å²) in [5.74, 6) is 7.24. The lowest BCUT2D eigenvalue weighted by atomic mass is 9.97. The number of hydrogen-bond acceptors (Lipinski definition) is 5. The molecule has 114 valence electrons. The van der Waals surface area contributed by atoms with Gasteiger partial charge in [0.2, 0.25) is 0 Å². The van der Waals surface area contributed by atoms with Gasteiger partial charge >= 0.3 is 0 Å². The van der Waals surface area contributed by atoms with E-state index in [2.05, 4.69) is 12.3 Å². The highest BCUT2D eigenvalue weighted by Crippen LogP contribution is 2.32. The van der Waals surface area contributed by atoms with Gasteiger partial charge in [-0.3, -0.25) is 11.3 Å². The Balaban J connectivity index is 3.08. The number of nitrogens with two attached hydrogens (primary N) is 1. The van der Waals surface area contributed by atoms with Crippen LogP contribution < -0.4 is 20.7 Å². The zero-order valence-corrected chi connectivity index (χ0v) is 12.8. The van der Waals surface area contributed by atoms with Crippen LogP contribution in [0, 0.1) is 0 Å². The molecule has 0 saturated heterocycles. The summed E-state index contributed by atoms with van der Waals surface area (Å²) in [5.41, 5.74) is 3.83. The van der Waals surface area contributed by atoms with Crippen molar-refractivity contribution in [3.05, 3.63) is 23.8 Å². The Hall–Kier alpha value is -1.30. The lowest BCUT2D eigenvalue weighted by molar-refractivity contribution is 0.0270. The summed E-state index contributed by atoms with van der Waals surface area (Å²) in [5, 5.41) is 0. The van der Waals surface area contributed by atoms with Crippen molar-refractivity contribution in [3.8, 4) is 11.5 Å². The van der Waals surface area contributed by atoms with Gasteiger partial charge in [0.25, 0.3) is 0 Å². The van der Waals surface area contributed by atoms with Crippen LogP contribution in [0.2, 0.25) is 0 Å². The van der Waals surface area contributed by atoms with E-state index in [-0.39, 0.29) is 12.1 Å². The first-order valence-electron chi connectivity index (χ1n) is 7.01. The van der Waals surface area contributed by atoms with Crippen molar-refractivity contribution in [2.45, 2.75) is 38.8 Å². The third-order valence-corrected chi connectivity index (χ3v) is 3.28. The van der Waals surface area contributed by atoms with Gasteiger partial charge in [0.1, 0.15) is 11.5 Å². The third kappa shape index (κ3) is 4.10. The number of benzene rings is 1. The summed E-state index contributed by atoms with van der Waals surface area (Å²) in [4.78, 5) is 0. The van der Waals surface area contributed by atoms with Gasteiger partial charge in [-0.05, 0) is 25.5 Å². The van der Waals surface area contributed by atoms with Crippen molar-refractivity contribution in [1.29, 1.82) is 0 Å². The third-order valence-electron chi connectivity index (χ3n) is 3.28. The summed E-state index contributed by atoms with van der Waals surface area (Å²) in [6, 6.07) is 5.60. The first-order valence-corrected chi connectivity index (χ1v) is 7.01. The monoisotopic (exact) mass is 282 g/mol. The van der Waals surface area contributed by atoms with Crippen molar-refractivity contribution < 1.29 is 14.2 Å². The Labute approximate surface area is 121 Å². The molecular weight excluding hydrogens is 256 g/mol. The van der Waals surface area contributed by atoms with Crippen LogP contribution in [-0.2, 0) is 4.74 Å². The van der Waals surface area contributed by atoms with Crippen LogP contribution in [0.4, 0.5) is 0 Å². The average molecular weight is 282 g/mol. The number of ether oxygens (including phenoxy) is 3. The number of hydrazine groups is 1. The van der Waals surface area contributed by atoms with E-state index >= 15 is 0 Å². The van der Waals surface area contributed by atoms with Crippen LogP contribution >= 0.6 is 0 Å². The highest BCUT2D eigenvalue weighted by atomic mass is 16.5. The summed E-state index contributed by atoms with van der Waals surface area (Å²) in [7, 11) is 3.27. The summed E-state index contributed by atoms with van der Waals surface area (Å²) < 4.78 is 16.5. The maximum absolute atomic E-state index is 5.82. The van der Waals surface area contributed by atoms with E-state index in [4.69, 9.17) is 20.1 Å². The second kappa shape index (κ2) is 8.79. The van der Waals surface area contributed by atoms with E-state index in [9.17, 15) is 0 Å². The molecule has 0 aliphatic heterocycles. The van der Waals surface area contributed by atoms with Crippen LogP contribution in [0.15, 0.2) is 18.2 Å². The topological polar surface area (TPSA) is 65.7 Å². The first-order chi connectivity index (χ1) is 9.71. The summed E-state index contributed by atoms with van der Waals surface area (Å²) in [6.07, 6.45) is 1.97. The van der Waals surface area contributed by atoms with E-state index in [1.807, 2.05) is 25.1 Å². The fourth-order valence-corrected chi connectivity index (χ4v) is 2.32. The molecule has 0 radical (unpaired) electrons. The van der Waals surface area contributed by atoms with Gasteiger partial charge in [-0.2, -0.15) is 0 Å². The number of rotatable bonds is 9. The molecule has 1 aromatic rings. The SMILES string of the molecule is CCCC(OCC)C(NN)c1ccc(OC)cc1OC.